The summed E-state index contributed by atoms with van der Waals surface area (Å²) in [4.78, 5) is 16.1. The number of nitrogens with zero attached hydrogens (tertiary/aromatic N) is 9. The van der Waals surface area contributed by atoms with Crippen molar-refractivity contribution in [1.82, 2.24) is 39.4 Å². The third-order valence-electron chi connectivity index (χ3n) is 12.2. The number of nitrogens with one attached hydrogen (secondary N) is 1. The Labute approximate surface area is 404 Å². The molecular weight excluding hydrogens is 893 g/mol. The number of ether oxygens (including phenoxy) is 11. The van der Waals surface area contributed by atoms with Crippen LogP contribution in [0.4, 0.5) is 11.6 Å². The first-order valence-corrected chi connectivity index (χ1v) is 24.3. The van der Waals surface area contributed by atoms with Gasteiger partial charge in [0.15, 0.2) is 0 Å². The van der Waals surface area contributed by atoms with Crippen molar-refractivity contribution >= 4 is 11.6 Å². The molecule has 1 saturated carbocycles. The van der Waals surface area contributed by atoms with Gasteiger partial charge in [-0.2, -0.15) is 10.4 Å². The smallest absolute Gasteiger partial charge is 0.257 e. The van der Waals surface area contributed by atoms with Gasteiger partial charge >= 0.3 is 0 Å². The molecule has 0 spiro atoms. The van der Waals surface area contributed by atoms with E-state index in [1.54, 1.807) is 36.6 Å². The summed E-state index contributed by atoms with van der Waals surface area (Å²) >= 11 is 0. The van der Waals surface area contributed by atoms with Crippen LogP contribution in [-0.2, 0) is 49.2 Å². The van der Waals surface area contributed by atoms with E-state index in [0.717, 1.165) is 50.0 Å². The Morgan fingerprint density at radius 1 is 0.710 bits per heavy atom. The van der Waals surface area contributed by atoms with Crippen LogP contribution in [0.15, 0.2) is 49.4 Å². The number of fused-ring (bicyclic) bond motifs is 2. The summed E-state index contributed by atoms with van der Waals surface area (Å²) in [5.74, 6) is 1.32. The molecule has 2 aliphatic heterocycles. The highest BCUT2D eigenvalue weighted by Crippen LogP contribution is 2.39. The van der Waals surface area contributed by atoms with Crippen LogP contribution in [0.1, 0.15) is 57.1 Å². The van der Waals surface area contributed by atoms with Crippen molar-refractivity contribution in [3.05, 3.63) is 55.0 Å². The maximum absolute atomic E-state index is 9.78. The minimum absolute atomic E-state index is 0.247. The molecule has 1 aliphatic carbocycles. The van der Waals surface area contributed by atoms with Crippen molar-refractivity contribution in [2.75, 3.05) is 131 Å². The molecule has 378 valence electrons. The van der Waals surface area contributed by atoms with Crippen molar-refractivity contribution in [3.63, 3.8) is 0 Å². The Balaban J connectivity index is 0.821. The van der Waals surface area contributed by atoms with E-state index in [-0.39, 0.29) is 12.1 Å². The third kappa shape index (κ3) is 16.9. The highest BCUT2D eigenvalue weighted by molar-refractivity contribution is 5.67. The number of morpholine rings is 1. The van der Waals surface area contributed by atoms with E-state index in [1.165, 1.54) is 19.2 Å². The summed E-state index contributed by atoms with van der Waals surface area (Å²) in [6.45, 7) is 11.8. The molecule has 3 atom stereocenters. The number of methoxy groups -OCH3 is 1. The molecule has 4 aromatic rings. The second kappa shape index (κ2) is 29.4. The summed E-state index contributed by atoms with van der Waals surface area (Å²) in [5, 5.41) is 22.2. The monoisotopic (exact) mass is 963 g/mol. The molecule has 69 heavy (non-hydrogen) atoms. The lowest BCUT2D eigenvalue weighted by atomic mass is 9.89. The van der Waals surface area contributed by atoms with Gasteiger partial charge in [0, 0.05) is 43.2 Å². The number of benzene rings is 1. The van der Waals surface area contributed by atoms with Crippen LogP contribution in [0.5, 0.6) is 11.6 Å². The number of hydrogen-bond acceptors (Lipinski definition) is 19. The van der Waals surface area contributed by atoms with Gasteiger partial charge < -0.3 is 57.4 Å². The molecule has 21 heteroatoms. The minimum atomic E-state index is -0.253. The molecular formula is C48H70N10O11. The minimum Gasteiger partial charge on any atom is -0.487 e. The second-order valence-electron chi connectivity index (χ2n) is 17.1. The first kappa shape index (κ1) is 52.0. The van der Waals surface area contributed by atoms with Crippen molar-refractivity contribution in [2.45, 2.75) is 82.3 Å². The van der Waals surface area contributed by atoms with Gasteiger partial charge in [0.05, 0.1) is 137 Å². The third-order valence-corrected chi connectivity index (χ3v) is 12.2. The molecule has 1 N–H and O–H groups in total. The summed E-state index contributed by atoms with van der Waals surface area (Å²) in [6.07, 6.45) is 15.1. The number of aromatic nitrogens is 7. The van der Waals surface area contributed by atoms with Crippen molar-refractivity contribution in [1.29, 1.82) is 5.26 Å². The topological polar surface area (TPSA) is 215 Å². The van der Waals surface area contributed by atoms with Crippen LogP contribution in [0.25, 0.3) is 11.1 Å². The van der Waals surface area contributed by atoms with Gasteiger partial charge in [-0.05, 0) is 63.1 Å². The number of rotatable bonds is 34. The van der Waals surface area contributed by atoms with E-state index in [2.05, 4.69) is 36.3 Å². The summed E-state index contributed by atoms with van der Waals surface area (Å²) < 4.78 is 65.9. The Kier molecular flexibility index (Phi) is 22.1. The maximum Gasteiger partial charge on any atom is 0.257 e. The van der Waals surface area contributed by atoms with Crippen LogP contribution < -0.4 is 14.8 Å². The van der Waals surface area contributed by atoms with Gasteiger partial charge in [0.1, 0.15) is 42.9 Å². The first-order chi connectivity index (χ1) is 34.1. The van der Waals surface area contributed by atoms with Crippen molar-refractivity contribution in [2.24, 2.45) is 0 Å². The van der Waals surface area contributed by atoms with Crippen molar-refractivity contribution in [3.8, 4) is 28.8 Å². The molecule has 1 aromatic carbocycles. The van der Waals surface area contributed by atoms with E-state index in [0.29, 0.717) is 159 Å². The van der Waals surface area contributed by atoms with Gasteiger partial charge in [0.2, 0.25) is 5.95 Å². The number of nitriles is 1. The number of hydrogen-bond donors (Lipinski definition) is 1. The fraction of sp³-hybridized carbons (Fsp3) is 0.667. The molecule has 3 aromatic heterocycles. The molecule has 0 amide bonds. The number of anilines is 2. The van der Waals surface area contributed by atoms with E-state index in [1.807, 2.05) is 29.9 Å². The molecule has 2 saturated heterocycles. The Morgan fingerprint density at radius 3 is 1.81 bits per heavy atom. The molecule has 0 radical (unpaired) electrons. The zero-order valence-electron chi connectivity index (χ0n) is 40.2. The Hall–Kier alpha value is -4.86. The van der Waals surface area contributed by atoms with Crippen LogP contribution in [0.2, 0.25) is 0 Å². The summed E-state index contributed by atoms with van der Waals surface area (Å²) in [5.41, 5.74) is 2.69. The lowest BCUT2D eigenvalue weighted by Crippen LogP contribution is -2.52. The van der Waals surface area contributed by atoms with Gasteiger partial charge in [-0.1, -0.05) is 6.07 Å². The largest absolute Gasteiger partial charge is 0.487 e. The fourth-order valence-electron chi connectivity index (χ4n) is 8.79. The highest BCUT2D eigenvalue weighted by atomic mass is 16.6. The molecule has 2 bridgehead atoms. The quantitative estimate of drug-likeness (QED) is 0.0638. The standard InChI is InChI=1S/C48H70N10O11/c1-37(31-56-36-50-35-53-56)69-46-27-38(3-4-39(46)28-49)40-29-51-48(52-30-40)54-45-32-57(41-5-7-42(8-6-41)58-43-9-10-44(58)34-67-33-43)55-47(45)68-26-25-66-24-23-65-22-21-64-20-19-63-18-17-62-16-15-61-14-13-60-12-11-59-2/h3-4,27,29-30,32,35-37,41-44H,5-26,31,33-34H2,1-2H3,(H,51,52,54)/t37-,41-,42-,43-,44+/m0/s1. The SMILES string of the molecule is COCCOCCOCCOCCOCCOCCOCCOCCOc1nn([C@H]2CC[C@H](N3[C@@H]4CC[C@H]3COC4)CC2)cc1Nc1ncc(-c2ccc(C#N)c(O[C@@H](C)Cn3cncn3)c2)cn1. The average molecular weight is 963 g/mol. The van der Waals surface area contributed by atoms with Gasteiger partial charge in [-0.3, -0.25) is 9.58 Å². The maximum atomic E-state index is 9.78. The molecule has 3 aliphatic rings. The van der Waals surface area contributed by atoms with E-state index >= 15 is 0 Å². The van der Waals surface area contributed by atoms with Gasteiger partial charge in [0.25, 0.3) is 5.88 Å². The first-order valence-electron chi connectivity index (χ1n) is 24.3. The average Bonchev–Trinajstić information content (AvgIpc) is 4.10. The van der Waals surface area contributed by atoms with Crippen LogP contribution in [0.3, 0.4) is 0 Å². The van der Waals surface area contributed by atoms with Crippen LogP contribution in [-0.4, -0.2) is 190 Å². The molecule has 0 unspecified atom stereocenters. The van der Waals surface area contributed by atoms with Gasteiger partial charge in [-0.25, -0.2) is 19.6 Å². The lowest BCUT2D eigenvalue weighted by molar-refractivity contribution is -0.0458. The fourth-order valence-corrected chi connectivity index (χ4v) is 8.79. The molecule has 7 rings (SSSR count). The summed E-state index contributed by atoms with van der Waals surface area (Å²) in [7, 11) is 1.65. The molecule has 5 heterocycles. The zero-order chi connectivity index (χ0) is 47.7. The van der Waals surface area contributed by atoms with Crippen molar-refractivity contribution < 1.29 is 52.1 Å². The lowest BCUT2D eigenvalue weighted by Gasteiger charge is -2.43. The van der Waals surface area contributed by atoms with E-state index in [4.69, 9.17) is 57.2 Å². The normalized spacial score (nSPS) is 19.7. The molecule has 21 nitrogen and oxygen atoms in total. The highest BCUT2D eigenvalue weighted by Gasteiger charge is 2.42. The molecule has 3 fully saturated rings. The van der Waals surface area contributed by atoms with Gasteiger partial charge in [-0.15, -0.1) is 5.10 Å². The van der Waals surface area contributed by atoms with Crippen LogP contribution >= 0.6 is 0 Å². The summed E-state index contributed by atoms with van der Waals surface area (Å²) in [6, 6.07) is 9.61. The predicted molar refractivity (Wildman–Crippen MR) is 252 cm³/mol. The Morgan fingerprint density at radius 2 is 1.26 bits per heavy atom. The van der Waals surface area contributed by atoms with Crippen LogP contribution in [0, 0.1) is 11.3 Å². The Bertz CT molecular complexity index is 2050. The second-order valence-corrected chi connectivity index (χ2v) is 17.1. The predicted octanol–water partition coefficient (Wildman–Crippen LogP) is 4.50. The van der Waals surface area contributed by atoms with E-state index < -0.39 is 0 Å². The zero-order valence-corrected chi connectivity index (χ0v) is 40.2. The van der Waals surface area contributed by atoms with E-state index in [9.17, 15) is 5.26 Å².